The summed E-state index contributed by atoms with van der Waals surface area (Å²) in [6.45, 7) is 12.9. The molecule has 0 atom stereocenters. The van der Waals surface area contributed by atoms with E-state index in [4.69, 9.17) is 4.74 Å². The highest BCUT2D eigenvalue weighted by atomic mass is 28.3. The summed E-state index contributed by atoms with van der Waals surface area (Å²) in [6, 6.07) is 4.02. The van der Waals surface area contributed by atoms with Crippen LogP contribution in [0.4, 0.5) is 11.4 Å². The van der Waals surface area contributed by atoms with Gasteiger partial charge in [0.1, 0.15) is 8.07 Å². The second-order valence-corrected chi connectivity index (χ2v) is 14.1. The molecule has 0 aliphatic carbocycles. The van der Waals surface area contributed by atoms with Gasteiger partial charge >= 0.3 is 5.69 Å². The molecule has 2 saturated heterocycles. The summed E-state index contributed by atoms with van der Waals surface area (Å²) in [5.74, 6) is 3.57. The number of piperazine rings is 1. The molecule has 0 unspecified atom stereocenters. The number of likely N-dealkylation sites (N-methyl/N-ethyl adjacent to an activating group) is 1. The lowest BCUT2D eigenvalue weighted by Crippen LogP contribution is -2.52. The van der Waals surface area contributed by atoms with Gasteiger partial charge in [-0.15, -0.1) is 5.54 Å². The fourth-order valence-corrected chi connectivity index (χ4v) is 4.65. The van der Waals surface area contributed by atoms with E-state index in [9.17, 15) is 10.1 Å². The summed E-state index contributed by atoms with van der Waals surface area (Å²) in [7, 11) is 2.06. The van der Waals surface area contributed by atoms with Gasteiger partial charge in [-0.3, -0.25) is 15.0 Å². The molecule has 3 rings (SSSR count). The molecule has 2 aliphatic heterocycles. The van der Waals surface area contributed by atoms with Crippen LogP contribution in [-0.2, 0) is 0 Å². The Bertz CT molecular complexity index is 827. The number of nitro groups is 1. The summed E-state index contributed by atoms with van der Waals surface area (Å²) < 4.78 is 5.34. The van der Waals surface area contributed by atoms with Gasteiger partial charge in [0.15, 0.2) is 5.75 Å². The monoisotopic (exact) mass is 430 g/mol. The number of hydrogen-bond acceptors (Lipinski definition) is 6. The predicted octanol–water partition coefficient (Wildman–Crippen LogP) is 3.05. The van der Waals surface area contributed by atoms with Crippen LogP contribution in [0.1, 0.15) is 18.4 Å². The highest BCUT2D eigenvalue weighted by Crippen LogP contribution is 2.36. The fraction of sp³-hybridized carbons (Fsp3) is 0.636. The standard InChI is InChI=1S/C22H34N4O3Si/c1-23-11-13-24(14-12-23)19-6-9-25(10-7-19)20-17-22(29-2)21(26(27)28)16-18(20)8-15-30(3,4)5/h16-17,19H,6-7,9-14H2,1-5H3. The lowest BCUT2D eigenvalue weighted by Gasteiger charge is -2.42. The molecular weight excluding hydrogens is 396 g/mol. The number of anilines is 1. The number of piperidine rings is 1. The van der Waals surface area contributed by atoms with Gasteiger partial charge in [0, 0.05) is 57.4 Å². The molecular formula is C22H34N4O3Si. The van der Waals surface area contributed by atoms with Gasteiger partial charge in [0.25, 0.3) is 0 Å². The van der Waals surface area contributed by atoms with E-state index in [0.29, 0.717) is 11.8 Å². The molecule has 30 heavy (non-hydrogen) atoms. The summed E-state index contributed by atoms with van der Waals surface area (Å²) in [6.07, 6.45) is 2.20. The van der Waals surface area contributed by atoms with E-state index in [1.807, 2.05) is 6.07 Å². The third-order valence-electron chi connectivity index (χ3n) is 5.93. The van der Waals surface area contributed by atoms with Crippen LogP contribution in [0.2, 0.25) is 19.6 Å². The molecule has 0 saturated carbocycles. The summed E-state index contributed by atoms with van der Waals surface area (Å²) >= 11 is 0. The van der Waals surface area contributed by atoms with Crippen molar-refractivity contribution in [3.63, 3.8) is 0 Å². The summed E-state index contributed by atoms with van der Waals surface area (Å²) in [5, 5.41) is 11.5. The molecule has 2 aliphatic rings. The van der Waals surface area contributed by atoms with Gasteiger partial charge in [-0.25, -0.2) is 0 Å². The lowest BCUT2D eigenvalue weighted by atomic mass is 10.00. The zero-order valence-corrected chi connectivity index (χ0v) is 19.9. The van der Waals surface area contributed by atoms with Gasteiger partial charge < -0.3 is 14.5 Å². The van der Waals surface area contributed by atoms with E-state index < -0.39 is 8.07 Å². The first kappa shape index (κ1) is 22.6. The zero-order chi connectivity index (χ0) is 21.9. The van der Waals surface area contributed by atoms with E-state index in [1.165, 1.54) is 7.11 Å². The molecule has 0 aromatic heterocycles. The molecule has 0 spiro atoms. The van der Waals surface area contributed by atoms with Crippen molar-refractivity contribution in [3.8, 4) is 17.2 Å². The Kier molecular flexibility index (Phi) is 7.06. The highest BCUT2D eigenvalue weighted by molar-refractivity contribution is 6.83. The van der Waals surface area contributed by atoms with E-state index >= 15 is 0 Å². The van der Waals surface area contributed by atoms with Crippen LogP contribution < -0.4 is 9.64 Å². The molecule has 0 radical (unpaired) electrons. The number of rotatable bonds is 4. The molecule has 164 valence electrons. The Morgan fingerprint density at radius 3 is 2.27 bits per heavy atom. The summed E-state index contributed by atoms with van der Waals surface area (Å²) in [4.78, 5) is 18.5. The van der Waals surface area contributed by atoms with Crippen LogP contribution >= 0.6 is 0 Å². The van der Waals surface area contributed by atoms with E-state index in [-0.39, 0.29) is 10.6 Å². The second kappa shape index (κ2) is 9.37. The number of methoxy groups -OCH3 is 1. The van der Waals surface area contributed by atoms with Crippen molar-refractivity contribution in [2.45, 2.75) is 38.5 Å². The molecule has 0 bridgehead atoms. The van der Waals surface area contributed by atoms with Gasteiger partial charge in [0.2, 0.25) is 0 Å². The summed E-state index contributed by atoms with van der Waals surface area (Å²) in [5.41, 5.74) is 5.05. The lowest BCUT2D eigenvalue weighted by molar-refractivity contribution is -0.385. The molecule has 0 N–H and O–H groups in total. The van der Waals surface area contributed by atoms with E-state index in [1.54, 1.807) is 6.07 Å². The van der Waals surface area contributed by atoms with Crippen LogP contribution in [0.5, 0.6) is 5.75 Å². The number of ether oxygens (including phenoxy) is 1. The predicted molar refractivity (Wildman–Crippen MR) is 124 cm³/mol. The first-order valence-electron chi connectivity index (χ1n) is 10.7. The largest absolute Gasteiger partial charge is 0.490 e. The van der Waals surface area contributed by atoms with Gasteiger partial charge in [0.05, 0.1) is 23.3 Å². The Labute approximate surface area is 181 Å². The molecule has 7 nitrogen and oxygen atoms in total. The van der Waals surface area contributed by atoms with Crippen LogP contribution in [0.25, 0.3) is 0 Å². The highest BCUT2D eigenvalue weighted by Gasteiger charge is 2.29. The first-order chi connectivity index (χ1) is 14.2. The Hall–Kier alpha value is -2.08. The third-order valence-corrected chi connectivity index (χ3v) is 6.80. The zero-order valence-electron chi connectivity index (χ0n) is 18.9. The number of benzene rings is 1. The minimum Gasteiger partial charge on any atom is -0.490 e. The van der Waals surface area contributed by atoms with Crippen LogP contribution in [-0.4, -0.2) is 82.3 Å². The van der Waals surface area contributed by atoms with Gasteiger partial charge in [-0.2, -0.15) is 0 Å². The average Bonchev–Trinajstić information content (AvgIpc) is 2.71. The fourth-order valence-electron chi connectivity index (χ4n) is 4.14. The maximum absolute atomic E-state index is 11.5. The maximum Gasteiger partial charge on any atom is 0.312 e. The van der Waals surface area contributed by atoms with Crippen LogP contribution in [0.15, 0.2) is 12.1 Å². The minimum atomic E-state index is -1.61. The molecule has 1 aromatic carbocycles. The van der Waals surface area contributed by atoms with Crippen molar-refractivity contribution < 1.29 is 9.66 Å². The second-order valence-electron chi connectivity index (χ2n) is 9.36. The van der Waals surface area contributed by atoms with Gasteiger partial charge in [-0.05, 0) is 19.9 Å². The van der Waals surface area contributed by atoms with Crippen molar-refractivity contribution in [2.75, 3.05) is 58.3 Å². The molecule has 2 fully saturated rings. The average molecular weight is 431 g/mol. The van der Waals surface area contributed by atoms with Crippen molar-refractivity contribution in [1.29, 1.82) is 0 Å². The number of nitrogens with zero attached hydrogens (tertiary/aromatic N) is 4. The SMILES string of the molecule is COc1cc(N2CCC(N3CCN(C)CC3)CC2)c(C#C[Si](C)(C)C)cc1[N+](=O)[O-]. The Balaban J connectivity index is 1.83. The smallest absolute Gasteiger partial charge is 0.312 e. The van der Waals surface area contributed by atoms with Crippen LogP contribution in [0, 0.1) is 21.6 Å². The number of hydrogen-bond donors (Lipinski definition) is 0. The van der Waals surface area contributed by atoms with Gasteiger partial charge in [-0.1, -0.05) is 25.6 Å². The molecule has 8 heteroatoms. The van der Waals surface area contributed by atoms with E-state index in [0.717, 1.165) is 63.4 Å². The van der Waals surface area contributed by atoms with Crippen molar-refractivity contribution >= 4 is 19.4 Å². The minimum absolute atomic E-state index is 0.0200. The van der Waals surface area contributed by atoms with Crippen molar-refractivity contribution in [1.82, 2.24) is 9.80 Å². The number of nitro benzene ring substituents is 1. The molecule has 1 aromatic rings. The first-order valence-corrected chi connectivity index (χ1v) is 14.2. The Morgan fingerprint density at radius 2 is 1.73 bits per heavy atom. The van der Waals surface area contributed by atoms with E-state index in [2.05, 4.69) is 52.9 Å². The Morgan fingerprint density at radius 1 is 1.10 bits per heavy atom. The third kappa shape index (κ3) is 5.54. The van der Waals surface area contributed by atoms with Crippen molar-refractivity contribution in [3.05, 3.63) is 27.8 Å². The van der Waals surface area contributed by atoms with Crippen LogP contribution in [0.3, 0.4) is 0 Å². The molecule has 2 heterocycles. The maximum atomic E-state index is 11.5. The normalized spacial score (nSPS) is 19.3. The molecule has 0 amide bonds. The quantitative estimate of drug-likeness (QED) is 0.317. The topological polar surface area (TPSA) is 62.1 Å². The van der Waals surface area contributed by atoms with Crippen molar-refractivity contribution in [2.24, 2.45) is 0 Å².